The van der Waals surface area contributed by atoms with Crippen molar-refractivity contribution in [1.29, 1.82) is 0 Å². The molecule has 0 bridgehead atoms. The summed E-state index contributed by atoms with van der Waals surface area (Å²) in [7, 11) is 0. The molecule has 1 aromatic carbocycles. The second-order valence-corrected chi connectivity index (χ2v) is 6.94. The van der Waals surface area contributed by atoms with Crippen LogP contribution in [0.25, 0.3) is 0 Å². The van der Waals surface area contributed by atoms with Crippen molar-refractivity contribution in [2.75, 3.05) is 13.1 Å². The molecular formula is C19H25N3O4. The molecule has 140 valence electrons. The quantitative estimate of drug-likeness (QED) is 0.578. The van der Waals surface area contributed by atoms with Crippen LogP contribution in [-0.4, -0.2) is 64.3 Å². The van der Waals surface area contributed by atoms with Crippen LogP contribution in [0, 0.1) is 0 Å². The number of hydrogen-bond donors (Lipinski definition) is 2. The smallest absolute Gasteiger partial charge is 0.245 e. The number of aldehydes is 1. The Bertz CT molecular complexity index is 651. The summed E-state index contributed by atoms with van der Waals surface area (Å²) >= 11 is 0. The molecule has 0 saturated carbocycles. The molecule has 0 aliphatic carbocycles. The van der Waals surface area contributed by atoms with E-state index in [1.165, 1.54) is 0 Å². The lowest BCUT2D eigenvalue weighted by molar-refractivity contribution is -0.147. The Hall–Kier alpha value is -2.25. The molecule has 2 aliphatic rings. The molecule has 1 aromatic rings. The monoisotopic (exact) mass is 359 g/mol. The number of nitrogens with zero attached hydrogens (tertiary/aromatic N) is 2. The van der Waals surface area contributed by atoms with Crippen LogP contribution in [0.15, 0.2) is 30.3 Å². The first-order valence-electron chi connectivity index (χ1n) is 9.15. The zero-order chi connectivity index (χ0) is 18.5. The summed E-state index contributed by atoms with van der Waals surface area (Å²) in [5.74, 6) is -0.434. The van der Waals surface area contributed by atoms with Crippen LogP contribution in [0.3, 0.4) is 0 Å². The first-order chi connectivity index (χ1) is 12.7. The number of rotatable bonds is 6. The van der Waals surface area contributed by atoms with Gasteiger partial charge in [-0.05, 0) is 37.7 Å². The van der Waals surface area contributed by atoms with Crippen molar-refractivity contribution in [3.05, 3.63) is 35.9 Å². The van der Waals surface area contributed by atoms with Crippen molar-refractivity contribution in [3.8, 4) is 0 Å². The highest BCUT2D eigenvalue weighted by Gasteiger charge is 2.41. The number of amides is 2. The van der Waals surface area contributed by atoms with Crippen molar-refractivity contribution in [3.63, 3.8) is 0 Å². The van der Waals surface area contributed by atoms with Crippen LogP contribution >= 0.6 is 0 Å². The molecule has 26 heavy (non-hydrogen) atoms. The van der Waals surface area contributed by atoms with Gasteiger partial charge in [-0.2, -0.15) is 5.48 Å². The predicted octanol–water partition coefficient (Wildman–Crippen LogP) is 0.757. The average molecular weight is 359 g/mol. The Morgan fingerprint density at radius 3 is 2.54 bits per heavy atom. The highest BCUT2D eigenvalue weighted by molar-refractivity contribution is 5.91. The van der Waals surface area contributed by atoms with Crippen LogP contribution in [0.5, 0.6) is 0 Å². The minimum absolute atomic E-state index is 0.151. The van der Waals surface area contributed by atoms with E-state index in [9.17, 15) is 19.6 Å². The van der Waals surface area contributed by atoms with Crippen LogP contribution in [0.4, 0.5) is 0 Å². The van der Waals surface area contributed by atoms with Gasteiger partial charge < -0.3 is 19.8 Å². The third-order valence-electron chi connectivity index (χ3n) is 5.30. The zero-order valence-electron chi connectivity index (χ0n) is 14.7. The number of hydrogen-bond acceptors (Lipinski definition) is 5. The molecule has 0 spiro atoms. The van der Waals surface area contributed by atoms with E-state index in [2.05, 4.69) is 5.48 Å². The van der Waals surface area contributed by atoms with E-state index in [1.807, 2.05) is 30.3 Å². The topological polar surface area (TPSA) is 90.0 Å². The fourth-order valence-corrected chi connectivity index (χ4v) is 3.92. The molecular weight excluding hydrogens is 334 g/mol. The third kappa shape index (κ3) is 3.78. The number of likely N-dealkylation sites (tertiary alicyclic amines) is 2. The molecule has 2 fully saturated rings. The van der Waals surface area contributed by atoms with E-state index in [4.69, 9.17) is 0 Å². The lowest BCUT2D eigenvalue weighted by Crippen LogP contribution is -2.54. The second kappa shape index (κ2) is 8.42. The molecule has 0 radical (unpaired) electrons. The lowest BCUT2D eigenvalue weighted by atomic mass is 10.0. The van der Waals surface area contributed by atoms with Crippen LogP contribution in [0.1, 0.15) is 31.2 Å². The van der Waals surface area contributed by atoms with Gasteiger partial charge in [0, 0.05) is 13.1 Å². The maximum Gasteiger partial charge on any atom is 0.245 e. The Labute approximate surface area is 152 Å². The Balaban J connectivity index is 1.70. The van der Waals surface area contributed by atoms with Crippen LogP contribution < -0.4 is 5.48 Å². The number of nitrogens with one attached hydrogen (secondary N) is 1. The number of hydroxylamine groups is 1. The van der Waals surface area contributed by atoms with Crippen molar-refractivity contribution >= 4 is 18.1 Å². The lowest BCUT2D eigenvalue weighted by Gasteiger charge is -2.31. The summed E-state index contributed by atoms with van der Waals surface area (Å²) in [5, 5.41) is 9.50. The normalized spacial score (nSPS) is 23.9. The number of carbonyl (C=O) groups excluding carboxylic acids is 3. The Kier molecular flexibility index (Phi) is 6.00. The maximum absolute atomic E-state index is 12.9. The summed E-state index contributed by atoms with van der Waals surface area (Å²) in [4.78, 5) is 40.2. The van der Waals surface area contributed by atoms with E-state index < -0.39 is 12.1 Å². The predicted molar refractivity (Wildman–Crippen MR) is 94.4 cm³/mol. The van der Waals surface area contributed by atoms with Gasteiger partial charge >= 0.3 is 0 Å². The fourth-order valence-electron chi connectivity index (χ4n) is 3.92. The van der Waals surface area contributed by atoms with Gasteiger partial charge in [0.2, 0.25) is 11.8 Å². The van der Waals surface area contributed by atoms with Gasteiger partial charge in [-0.25, -0.2) is 0 Å². The minimum atomic E-state index is -0.800. The highest BCUT2D eigenvalue weighted by atomic mass is 16.5. The molecule has 3 rings (SSSR count). The SMILES string of the molecule is O=C[C@@H]1CCCN1C(=O)[C@@H]1CCCN1C(=O)[C@H](Cc1ccccc1)NO. The number of carbonyl (C=O) groups is 3. The van der Waals surface area contributed by atoms with Gasteiger partial charge in [0.15, 0.2) is 0 Å². The van der Waals surface area contributed by atoms with Gasteiger partial charge in [-0.1, -0.05) is 30.3 Å². The van der Waals surface area contributed by atoms with E-state index in [0.29, 0.717) is 32.4 Å². The van der Waals surface area contributed by atoms with E-state index in [0.717, 1.165) is 24.7 Å². The van der Waals surface area contributed by atoms with Gasteiger partial charge in [0.25, 0.3) is 0 Å². The van der Waals surface area contributed by atoms with Crippen molar-refractivity contribution < 1.29 is 19.6 Å². The molecule has 0 aromatic heterocycles. The fraction of sp³-hybridized carbons (Fsp3) is 0.526. The molecule has 2 N–H and O–H groups in total. The van der Waals surface area contributed by atoms with Crippen molar-refractivity contribution in [1.82, 2.24) is 15.3 Å². The van der Waals surface area contributed by atoms with Gasteiger partial charge in [0.05, 0.1) is 6.04 Å². The highest BCUT2D eigenvalue weighted by Crippen LogP contribution is 2.25. The molecule has 7 nitrogen and oxygen atoms in total. The summed E-state index contributed by atoms with van der Waals surface area (Å²) in [6.45, 7) is 1.05. The largest absolute Gasteiger partial charge is 0.331 e. The van der Waals surface area contributed by atoms with Gasteiger partial charge in [-0.15, -0.1) is 0 Å². The zero-order valence-corrected chi connectivity index (χ0v) is 14.7. The minimum Gasteiger partial charge on any atom is -0.331 e. The van der Waals surface area contributed by atoms with Gasteiger partial charge in [-0.3, -0.25) is 9.59 Å². The summed E-state index contributed by atoms with van der Waals surface area (Å²) in [6.07, 6.45) is 3.99. The van der Waals surface area contributed by atoms with Crippen LogP contribution in [-0.2, 0) is 20.8 Å². The van der Waals surface area contributed by atoms with E-state index >= 15 is 0 Å². The summed E-state index contributed by atoms with van der Waals surface area (Å²) in [5.41, 5.74) is 3.03. The number of benzene rings is 1. The van der Waals surface area contributed by atoms with E-state index in [1.54, 1.807) is 9.80 Å². The molecule has 2 heterocycles. The first kappa shape index (κ1) is 18.5. The molecule has 3 atom stereocenters. The molecule has 2 aliphatic heterocycles. The van der Waals surface area contributed by atoms with Gasteiger partial charge in [0.1, 0.15) is 18.4 Å². The maximum atomic E-state index is 12.9. The molecule has 0 unspecified atom stereocenters. The second-order valence-electron chi connectivity index (χ2n) is 6.94. The first-order valence-corrected chi connectivity index (χ1v) is 9.15. The average Bonchev–Trinajstić information content (AvgIpc) is 3.34. The summed E-state index contributed by atoms with van der Waals surface area (Å²) < 4.78 is 0. The van der Waals surface area contributed by atoms with Crippen molar-refractivity contribution in [2.24, 2.45) is 0 Å². The van der Waals surface area contributed by atoms with Crippen LogP contribution in [0.2, 0.25) is 0 Å². The molecule has 2 saturated heterocycles. The van der Waals surface area contributed by atoms with Crippen molar-refractivity contribution in [2.45, 2.75) is 50.2 Å². The summed E-state index contributed by atoms with van der Waals surface area (Å²) in [6, 6.07) is 7.71. The Morgan fingerprint density at radius 1 is 1.15 bits per heavy atom. The molecule has 2 amide bonds. The third-order valence-corrected chi connectivity index (χ3v) is 5.30. The standard InChI is InChI=1S/C19H25N3O4/c23-13-15-8-4-10-21(15)19(25)17-9-5-11-22(17)18(24)16(20-26)12-14-6-2-1-3-7-14/h1-3,6-7,13,15-17,20,26H,4-5,8-12H2/t15-,16-,17-/m0/s1. The van der Waals surface area contributed by atoms with E-state index in [-0.39, 0.29) is 17.9 Å². The Morgan fingerprint density at radius 2 is 1.85 bits per heavy atom. The molecule has 7 heteroatoms.